The highest BCUT2D eigenvalue weighted by Gasteiger charge is 2.32. The summed E-state index contributed by atoms with van der Waals surface area (Å²) in [5.41, 5.74) is 9.82. The number of aryl methyl sites for hydroxylation is 1. The lowest BCUT2D eigenvalue weighted by molar-refractivity contribution is -0.116. The van der Waals surface area contributed by atoms with Crippen molar-refractivity contribution in [2.24, 2.45) is 17.6 Å². The molecule has 1 saturated carbocycles. The summed E-state index contributed by atoms with van der Waals surface area (Å²) in [6.45, 7) is 2.26. The molecule has 19 heavy (non-hydrogen) atoms. The maximum Gasteiger partial charge on any atom is 0.224 e. The predicted molar refractivity (Wildman–Crippen MR) is 76.8 cm³/mol. The average Bonchev–Trinajstić information content (AvgIpc) is 3.23. The van der Waals surface area contributed by atoms with Gasteiger partial charge >= 0.3 is 0 Å². The molecule has 3 rings (SSSR count). The van der Waals surface area contributed by atoms with Gasteiger partial charge in [-0.1, -0.05) is 19.1 Å². The van der Waals surface area contributed by atoms with Crippen LogP contribution < -0.4 is 11.1 Å². The molecule has 2 unspecified atom stereocenters. The van der Waals surface area contributed by atoms with E-state index in [2.05, 4.69) is 24.4 Å². The van der Waals surface area contributed by atoms with E-state index in [0.717, 1.165) is 24.4 Å². The molecular formula is C16H22N2O. The lowest BCUT2D eigenvalue weighted by atomic mass is 9.90. The first-order chi connectivity index (χ1) is 9.15. The molecule has 1 aliphatic heterocycles. The molecule has 2 aliphatic rings. The Morgan fingerprint density at radius 3 is 2.84 bits per heavy atom. The van der Waals surface area contributed by atoms with E-state index in [0.29, 0.717) is 12.3 Å². The zero-order valence-corrected chi connectivity index (χ0v) is 11.5. The molecular weight excluding hydrogens is 236 g/mol. The lowest BCUT2D eigenvalue weighted by Crippen LogP contribution is -2.21. The molecule has 1 aromatic carbocycles. The van der Waals surface area contributed by atoms with E-state index in [9.17, 15) is 4.79 Å². The first kappa shape index (κ1) is 12.7. The van der Waals surface area contributed by atoms with Crippen LogP contribution in [0.25, 0.3) is 0 Å². The zero-order chi connectivity index (χ0) is 13.4. The van der Waals surface area contributed by atoms with Crippen LogP contribution in [0.2, 0.25) is 0 Å². The van der Waals surface area contributed by atoms with E-state index in [4.69, 9.17) is 5.73 Å². The van der Waals surface area contributed by atoms with Gasteiger partial charge in [-0.05, 0) is 54.7 Å². The van der Waals surface area contributed by atoms with Crippen molar-refractivity contribution in [2.45, 2.75) is 45.1 Å². The fourth-order valence-corrected chi connectivity index (χ4v) is 3.02. The minimum absolute atomic E-state index is 0.122. The fraction of sp³-hybridized carbons (Fsp3) is 0.562. The molecule has 1 aliphatic carbocycles. The van der Waals surface area contributed by atoms with Gasteiger partial charge in [0, 0.05) is 18.2 Å². The monoisotopic (exact) mass is 258 g/mol. The number of carbonyl (C=O) groups is 1. The third-order valence-electron chi connectivity index (χ3n) is 4.57. The molecule has 102 valence electrons. The van der Waals surface area contributed by atoms with Gasteiger partial charge in [0.25, 0.3) is 0 Å². The molecule has 0 spiro atoms. The van der Waals surface area contributed by atoms with Gasteiger partial charge < -0.3 is 11.1 Å². The van der Waals surface area contributed by atoms with Gasteiger partial charge in [-0.15, -0.1) is 0 Å². The van der Waals surface area contributed by atoms with Crippen molar-refractivity contribution in [2.75, 3.05) is 5.32 Å². The molecule has 0 radical (unpaired) electrons. The topological polar surface area (TPSA) is 55.1 Å². The average molecular weight is 258 g/mol. The lowest BCUT2D eigenvalue weighted by Gasteiger charge is -2.21. The predicted octanol–water partition coefficient (Wildman–Crippen LogP) is 3.01. The molecule has 3 N–H and O–H groups in total. The maximum atomic E-state index is 11.5. The van der Waals surface area contributed by atoms with Crippen LogP contribution in [-0.2, 0) is 11.2 Å². The normalized spacial score (nSPS) is 22.1. The van der Waals surface area contributed by atoms with Crippen molar-refractivity contribution in [1.82, 2.24) is 0 Å². The number of anilines is 1. The first-order valence-corrected chi connectivity index (χ1v) is 7.33. The van der Waals surface area contributed by atoms with Gasteiger partial charge in [-0.25, -0.2) is 0 Å². The largest absolute Gasteiger partial charge is 0.326 e. The van der Waals surface area contributed by atoms with Crippen molar-refractivity contribution >= 4 is 11.6 Å². The van der Waals surface area contributed by atoms with E-state index >= 15 is 0 Å². The number of hydrogen-bond acceptors (Lipinski definition) is 2. The van der Waals surface area contributed by atoms with Crippen LogP contribution in [0.5, 0.6) is 0 Å². The standard InChI is InChI=1S/C16H22N2O/c1-10(11-5-6-11)16(17)13-7-8-14-12(9-13)3-2-4-15(19)18-14/h7-11,16H,2-6,17H2,1H3,(H,18,19). The van der Waals surface area contributed by atoms with E-state index in [1.54, 1.807) is 0 Å². The van der Waals surface area contributed by atoms with Crippen LogP contribution in [0, 0.1) is 11.8 Å². The number of carbonyl (C=O) groups excluding carboxylic acids is 1. The molecule has 3 heteroatoms. The Hall–Kier alpha value is -1.35. The molecule has 0 aromatic heterocycles. The number of rotatable bonds is 3. The third-order valence-corrected chi connectivity index (χ3v) is 4.57. The summed E-state index contributed by atoms with van der Waals surface area (Å²) in [4.78, 5) is 11.5. The van der Waals surface area contributed by atoms with E-state index in [-0.39, 0.29) is 11.9 Å². The molecule has 1 fully saturated rings. The van der Waals surface area contributed by atoms with Crippen LogP contribution in [0.4, 0.5) is 5.69 Å². The number of nitrogens with one attached hydrogen (secondary N) is 1. The second-order valence-corrected chi connectivity index (χ2v) is 6.04. The summed E-state index contributed by atoms with van der Waals surface area (Å²) in [5.74, 6) is 1.49. The highest BCUT2D eigenvalue weighted by molar-refractivity contribution is 5.92. The Balaban J connectivity index is 1.83. The van der Waals surface area contributed by atoms with Crippen molar-refractivity contribution in [3.63, 3.8) is 0 Å². The molecule has 1 heterocycles. The first-order valence-electron chi connectivity index (χ1n) is 7.33. The second kappa shape index (κ2) is 4.97. The Labute approximate surface area is 114 Å². The number of amides is 1. The van der Waals surface area contributed by atoms with Crippen molar-refractivity contribution < 1.29 is 4.79 Å². The van der Waals surface area contributed by atoms with E-state index in [1.807, 2.05) is 6.07 Å². The summed E-state index contributed by atoms with van der Waals surface area (Å²) < 4.78 is 0. The summed E-state index contributed by atoms with van der Waals surface area (Å²) in [6, 6.07) is 6.42. The van der Waals surface area contributed by atoms with Gasteiger partial charge in [0.1, 0.15) is 0 Å². The number of hydrogen-bond donors (Lipinski definition) is 2. The van der Waals surface area contributed by atoms with E-state index < -0.39 is 0 Å². The molecule has 1 aromatic rings. The van der Waals surface area contributed by atoms with Gasteiger partial charge in [-0.3, -0.25) is 4.79 Å². The SMILES string of the molecule is CC(C1CC1)C(N)c1ccc2c(c1)CCCC(=O)N2. The highest BCUT2D eigenvalue weighted by atomic mass is 16.1. The molecule has 3 nitrogen and oxygen atoms in total. The van der Waals surface area contributed by atoms with Crippen molar-refractivity contribution in [1.29, 1.82) is 0 Å². The van der Waals surface area contributed by atoms with Gasteiger partial charge in [-0.2, -0.15) is 0 Å². The minimum Gasteiger partial charge on any atom is -0.326 e. The van der Waals surface area contributed by atoms with Gasteiger partial charge in [0.15, 0.2) is 0 Å². The summed E-state index contributed by atoms with van der Waals surface area (Å²) in [5, 5.41) is 2.97. The Morgan fingerprint density at radius 1 is 1.32 bits per heavy atom. The number of benzene rings is 1. The highest BCUT2D eigenvalue weighted by Crippen LogP contribution is 2.42. The molecule has 1 amide bonds. The summed E-state index contributed by atoms with van der Waals surface area (Å²) in [7, 11) is 0. The zero-order valence-electron chi connectivity index (χ0n) is 11.5. The third kappa shape index (κ3) is 2.66. The second-order valence-electron chi connectivity index (χ2n) is 6.04. The maximum absolute atomic E-state index is 11.5. The Bertz CT molecular complexity index is 494. The minimum atomic E-state index is 0.122. The van der Waals surface area contributed by atoms with Crippen LogP contribution >= 0.6 is 0 Å². The van der Waals surface area contributed by atoms with Crippen LogP contribution in [-0.4, -0.2) is 5.91 Å². The Kier molecular flexibility index (Phi) is 3.31. The molecule has 0 bridgehead atoms. The number of nitrogens with two attached hydrogens (primary N) is 1. The van der Waals surface area contributed by atoms with Crippen LogP contribution in [0.1, 0.15) is 49.8 Å². The molecule has 0 saturated heterocycles. The van der Waals surface area contributed by atoms with Crippen LogP contribution in [0.15, 0.2) is 18.2 Å². The fourth-order valence-electron chi connectivity index (χ4n) is 3.02. The van der Waals surface area contributed by atoms with Gasteiger partial charge in [0.05, 0.1) is 0 Å². The van der Waals surface area contributed by atoms with Gasteiger partial charge in [0.2, 0.25) is 5.91 Å². The van der Waals surface area contributed by atoms with Crippen molar-refractivity contribution in [3.05, 3.63) is 29.3 Å². The van der Waals surface area contributed by atoms with Crippen molar-refractivity contribution in [3.8, 4) is 0 Å². The summed E-state index contributed by atoms with van der Waals surface area (Å²) >= 11 is 0. The smallest absolute Gasteiger partial charge is 0.224 e. The van der Waals surface area contributed by atoms with Crippen LogP contribution in [0.3, 0.4) is 0 Å². The Morgan fingerprint density at radius 2 is 2.11 bits per heavy atom. The quantitative estimate of drug-likeness (QED) is 0.875. The van der Waals surface area contributed by atoms with E-state index in [1.165, 1.54) is 24.0 Å². The molecule has 2 atom stereocenters. The summed E-state index contributed by atoms with van der Waals surface area (Å²) in [6.07, 6.45) is 5.17. The number of fused-ring (bicyclic) bond motifs is 1.